The van der Waals surface area contributed by atoms with E-state index in [9.17, 15) is 13.2 Å². The summed E-state index contributed by atoms with van der Waals surface area (Å²) in [6, 6.07) is 28.8. The topological polar surface area (TPSA) is 99.6 Å². The zero-order chi connectivity index (χ0) is 34.9. The number of piperidine rings is 1. The highest BCUT2D eigenvalue weighted by Crippen LogP contribution is 2.34. The van der Waals surface area contributed by atoms with Crippen molar-refractivity contribution in [2.75, 3.05) is 42.7 Å². The lowest BCUT2D eigenvalue weighted by atomic mass is 9.91. The van der Waals surface area contributed by atoms with Crippen LogP contribution in [0.1, 0.15) is 50.4 Å². The summed E-state index contributed by atoms with van der Waals surface area (Å²) in [6.07, 6.45) is 2.34. The number of rotatable bonds is 8. The van der Waals surface area contributed by atoms with E-state index in [0.717, 1.165) is 58.2 Å². The maximum Gasteiger partial charge on any atom is 0.324 e. The molecule has 0 atom stereocenters. The summed E-state index contributed by atoms with van der Waals surface area (Å²) < 4.78 is 31.1. The smallest absolute Gasteiger partial charge is 0.324 e. The van der Waals surface area contributed by atoms with Crippen molar-refractivity contribution in [1.82, 2.24) is 14.1 Å². The molecule has 0 saturated carbocycles. The second kappa shape index (κ2) is 13.7. The molecule has 2 heterocycles. The van der Waals surface area contributed by atoms with Gasteiger partial charge >= 0.3 is 6.03 Å². The molecule has 0 bridgehead atoms. The third kappa shape index (κ3) is 7.50. The Bertz CT molecular complexity index is 2070. The van der Waals surface area contributed by atoms with E-state index in [2.05, 4.69) is 37.5 Å². The first-order valence-electron chi connectivity index (χ1n) is 16.8. The van der Waals surface area contributed by atoms with Gasteiger partial charge in [-0.3, -0.25) is 5.32 Å². The Morgan fingerprint density at radius 1 is 0.878 bits per heavy atom. The minimum atomic E-state index is -3.65. The summed E-state index contributed by atoms with van der Waals surface area (Å²) in [5.74, 6) is 0.925. The first kappa shape index (κ1) is 34.2. The van der Waals surface area contributed by atoms with Crippen molar-refractivity contribution < 1.29 is 13.2 Å². The van der Waals surface area contributed by atoms with Gasteiger partial charge in [-0.25, -0.2) is 17.9 Å². The molecule has 49 heavy (non-hydrogen) atoms. The molecule has 0 aliphatic carbocycles. The number of sulfonamides is 1. The molecule has 4 aromatic carbocycles. The second-order valence-electron chi connectivity index (χ2n) is 14.3. The number of aromatic nitrogens is 2. The van der Waals surface area contributed by atoms with Gasteiger partial charge in [0.15, 0.2) is 0 Å². The molecule has 1 aliphatic heterocycles. The third-order valence-electron chi connectivity index (χ3n) is 9.24. The average molecular weight is 679 g/mol. The van der Waals surface area contributed by atoms with Crippen LogP contribution in [0.2, 0.25) is 0 Å². The summed E-state index contributed by atoms with van der Waals surface area (Å²) >= 11 is 0. The fraction of sp³-hybridized carbons (Fsp3) is 0.333. The average Bonchev–Trinajstić information content (AvgIpc) is 3.49. The highest BCUT2D eigenvalue weighted by molar-refractivity contribution is 7.89. The van der Waals surface area contributed by atoms with Crippen molar-refractivity contribution in [2.45, 2.75) is 57.3 Å². The third-order valence-corrected chi connectivity index (χ3v) is 11.2. The van der Waals surface area contributed by atoms with E-state index in [1.54, 1.807) is 15.1 Å². The lowest BCUT2D eigenvalue weighted by molar-refractivity contribution is 0.262. The van der Waals surface area contributed by atoms with Crippen LogP contribution < -0.4 is 15.5 Å². The number of amides is 2. The van der Waals surface area contributed by atoms with Crippen LogP contribution in [0.3, 0.4) is 0 Å². The van der Waals surface area contributed by atoms with Crippen molar-refractivity contribution in [3.63, 3.8) is 0 Å². The molecule has 256 valence electrons. The first-order valence-corrected chi connectivity index (χ1v) is 18.3. The van der Waals surface area contributed by atoms with Gasteiger partial charge in [0.1, 0.15) is 5.82 Å². The maximum absolute atomic E-state index is 13.9. The molecule has 0 unspecified atom stereocenters. The molecule has 5 aromatic rings. The largest absolute Gasteiger partial charge is 0.377 e. The molecule has 6 rings (SSSR count). The van der Waals surface area contributed by atoms with Gasteiger partial charge in [0.05, 0.1) is 16.3 Å². The quantitative estimate of drug-likeness (QED) is 0.173. The van der Waals surface area contributed by atoms with Gasteiger partial charge in [-0.2, -0.15) is 9.40 Å². The maximum atomic E-state index is 13.9. The number of nitrogens with zero attached hydrogens (tertiary/aromatic N) is 4. The van der Waals surface area contributed by atoms with E-state index in [-0.39, 0.29) is 11.4 Å². The van der Waals surface area contributed by atoms with Gasteiger partial charge in [-0.1, -0.05) is 74.9 Å². The number of aryl methyl sites for hydroxylation is 1. The molecular formula is C39H46N6O3S. The monoisotopic (exact) mass is 678 g/mol. The van der Waals surface area contributed by atoms with E-state index >= 15 is 0 Å². The zero-order valence-corrected chi connectivity index (χ0v) is 30.0. The zero-order valence-electron chi connectivity index (χ0n) is 29.2. The minimum absolute atomic E-state index is 0.191. The van der Waals surface area contributed by atoms with Crippen LogP contribution >= 0.6 is 0 Å². The number of hydrogen-bond donors (Lipinski definition) is 2. The van der Waals surface area contributed by atoms with Crippen molar-refractivity contribution in [3.05, 3.63) is 108 Å². The summed E-state index contributed by atoms with van der Waals surface area (Å²) in [5, 5.41) is 12.5. The number of hydrogen-bond acceptors (Lipinski definition) is 5. The van der Waals surface area contributed by atoms with Crippen LogP contribution in [-0.4, -0.2) is 55.7 Å². The number of carbonyl (C=O) groups is 1. The van der Waals surface area contributed by atoms with E-state index in [0.29, 0.717) is 35.4 Å². The van der Waals surface area contributed by atoms with E-state index in [4.69, 9.17) is 5.10 Å². The molecule has 2 N–H and O–H groups in total. The Labute approximate surface area is 290 Å². The predicted molar refractivity (Wildman–Crippen MR) is 200 cm³/mol. The first-order chi connectivity index (χ1) is 23.3. The molecule has 1 saturated heterocycles. The number of urea groups is 1. The standard InChI is InChI=1S/C39H46N6O3S/c1-27-16-18-31(19-17-27)45-37(26-36(42-45)39(2,3)4)41-38(46)40-30-11-7-10-29(25-30)24-28-20-22-44(23-21-28)49(47,48)35-15-9-12-32-33(35)13-8-14-34(32)43(5)6/h7-19,25-26,28H,20-24H2,1-6H3,(H2,40,41,46). The Balaban J connectivity index is 1.10. The molecule has 1 fully saturated rings. The Morgan fingerprint density at radius 3 is 2.24 bits per heavy atom. The predicted octanol–water partition coefficient (Wildman–Crippen LogP) is 7.98. The second-order valence-corrected chi connectivity index (χ2v) is 16.2. The van der Waals surface area contributed by atoms with Crippen LogP contribution in [0, 0.1) is 12.8 Å². The van der Waals surface area contributed by atoms with Crippen molar-refractivity contribution in [2.24, 2.45) is 5.92 Å². The molecule has 0 spiro atoms. The molecule has 9 nitrogen and oxygen atoms in total. The summed E-state index contributed by atoms with van der Waals surface area (Å²) in [4.78, 5) is 15.6. The molecule has 2 amide bonds. The van der Waals surface area contributed by atoms with Crippen LogP contribution in [0.5, 0.6) is 0 Å². The number of fused-ring (bicyclic) bond motifs is 1. The lowest BCUT2D eigenvalue weighted by Crippen LogP contribution is -2.39. The van der Waals surface area contributed by atoms with E-state index in [1.807, 2.05) is 105 Å². The summed E-state index contributed by atoms with van der Waals surface area (Å²) in [6.45, 7) is 9.27. The Kier molecular flexibility index (Phi) is 9.55. The number of carbonyl (C=O) groups excluding carboxylic acids is 1. The van der Waals surface area contributed by atoms with Gasteiger partial charge in [-0.15, -0.1) is 0 Å². The molecule has 10 heteroatoms. The number of anilines is 3. The fourth-order valence-corrected chi connectivity index (χ4v) is 8.16. The molecule has 0 radical (unpaired) electrons. The number of benzene rings is 4. The Hall–Kier alpha value is -4.67. The van der Waals surface area contributed by atoms with E-state index in [1.165, 1.54) is 0 Å². The van der Waals surface area contributed by atoms with Crippen molar-refractivity contribution in [1.29, 1.82) is 0 Å². The van der Waals surface area contributed by atoms with Crippen molar-refractivity contribution in [3.8, 4) is 5.69 Å². The SMILES string of the molecule is Cc1ccc(-n2nc(C(C)(C)C)cc2NC(=O)Nc2cccc(CC3CCN(S(=O)(=O)c4cccc5c(N(C)C)cccc45)CC3)c2)cc1. The van der Waals surface area contributed by atoms with Crippen molar-refractivity contribution >= 4 is 44.0 Å². The molecule has 1 aliphatic rings. The molecule has 1 aromatic heterocycles. The highest BCUT2D eigenvalue weighted by Gasteiger charge is 2.31. The Morgan fingerprint density at radius 2 is 1.55 bits per heavy atom. The lowest BCUT2D eigenvalue weighted by Gasteiger charge is -2.31. The van der Waals surface area contributed by atoms with Crippen LogP contribution in [0.15, 0.2) is 95.9 Å². The van der Waals surface area contributed by atoms with Gasteiger partial charge < -0.3 is 10.2 Å². The van der Waals surface area contributed by atoms with Gasteiger partial charge in [-0.05, 0) is 74.1 Å². The fourth-order valence-electron chi connectivity index (χ4n) is 6.48. The minimum Gasteiger partial charge on any atom is -0.377 e. The van der Waals surface area contributed by atoms with Crippen LogP contribution in [0.4, 0.5) is 22.0 Å². The summed E-state index contributed by atoms with van der Waals surface area (Å²) in [5.41, 5.74) is 5.49. The molecular weight excluding hydrogens is 633 g/mol. The summed E-state index contributed by atoms with van der Waals surface area (Å²) in [7, 11) is 0.282. The number of nitrogens with one attached hydrogen (secondary N) is 2. The highest BCUT2D eigenvalue weighted by atomic mass is 32.2. The van der Waals surface area contributed by atoms with Gasteiger partial charge in [0.25, 0.3) is 0 Å². The van der Waals surface area contributed by atoms with Crippen LogP contribution in [0.25, 0.3) is 16.5 Å². The normalized spacial score (nSPS) is 14.6. The van der Waals surface area contributed by atoms with Crippen LogP contribution in [-0.2, 0) is 21.9 Å². The van der Waals surface area contributed by atoms with Gasteiger partial charge in [0, 0.05) is 60.8 Å². The van der Waals surface area contributed by atoms with Gasteiger partial charge in [0.2, 0.25) is 10.0 Å². The van der Waals surface area contributed by atoms with E-state index < -0.39 is 10.0 Å².